The lowest BCUT2D eigenvalue weighted by Crippen LogP contribution is -2.05. The lowest BCUT2D eigenvalue weighted by Gasteiger charge is -2.12. The van der Waals surface area contributed by atoms with Crippen LogP contribution in [-0.2, 0) is 0 Å². The Kier molecular flexibility index (Phi) is 5.56. The van der Waals surface area contributed by atoms with Gasteiger partial charge in [0.05, 0.1) is 27.7 Å². The topological polar surface area (TPSA) is 62.6 Å². The van der Waals surface area contributed by atoms with Gasteiger partial charge in [-0.1, -0.05) is 12.1 Å². The van der Waals surface area contributed by atoms with Gasteiger partial charge in [-0.25, -0.2) is 4.98 Å². The third-order valence-electron chi connectivity index (χ3n) is 4.09. The summed E-state index contributed by atoms with van der Waals surface area (Å²) in [6, 6.07) is 12.4. The first-order valence-electron chi connectivity index (χ1n) is 8.26. The molecule has 3 aromatic rings. The Balaban J connectivity index is 2.06. The van der Waals surface area contributed by atoms with Gasteiger partial charge in [0.15, 0.2) is 17.3 Å². The van der Waals surface area contributed by atoms with E-state index in [9.17, 15) is 4.79 Å². The van der Waals surface area contributed by atoms with Crippen molar-refractivity contribution >= 4 is 17.6 Å². The summed E-state index contributed by atoms with van der Waals surface area (Å²) in [5, 5.41) is 0. The van der Waals surface area contributed by atoms with Gasteiger partial charge >= 0.3 is 0 Å². The normalized spacial score (nSPS) is 11.1. The molecule has 6 nitrogen and oxygen atoms in total. The molecule has 0 saturated heterocycles. The van der Waals surface area contributed by atoms with Crippen LogP contribution in [0.2, 0.25) is 0 Å². The Morgan fingerprint density at radius 1 is 0.926 bits per heavy atom. The van der Waals surface area contributed by atoms with Crippen LogP contribution in [0.3, 0.4) is 0 Å². The van der Waals surface area contributed by atoms with Crippen LogP contribution < -0.4 is 14.2 Å². The minimum Gasteiger partial charge on any atom is -0.497 e. The first-order chi connectivity index (χ1) is 13.2. The Hall–Kier alpha value is -3.54. The summed E-state index contributed by atoms with van der Waals surface area (Å²) in [6.07, 6.45) is 6.80. The van der Waals surface area contributed by atoms with E-state index in [1.165, 1.54) is 7.11 Å². The van der Waals surface area contributed by atoms with E-state index < -0.39 is 0 Å². The highest BCUT2D eigenvalue weighted by molar-refractivity contribution is 6.31. The number of nitrogens with zero attached hydrogens (tertiary/aromatic N) is 2. The van der Waals surface area contributed by atoms with Gasteiger partial charge in [0.2, 0.25) is 0 Å². The molecule has 3 rings (SSSR count). The molecule has 6 heteroatoms. The van der Waals surface area contributed by atoms with E-state index in [2.05, 4.69) is 4.98 Å². The second-order valence-corrected chi connectivity index (χ2v) is 5.68. The van der Waals surface area contributed by atoms with Crippen LogP contribution in [0.25, 0.3) is 11.8 Å². The van der Waals surface area contributed by atoms with Crippen molar-refractivity contribution in [2.24, 2.45) is 0 Å². The summed E-state index contributed by atoms with van der Waals surface area (Å²) in [5.41, 5.74) is 1.78. The van der Waals surface area contributed by atoms with Gasteiger partial charge in [-0.15, -0.1) is 0 Å². The second kappa shape index (κ2) is 8.23. The van der Waals surface area contributed by atoms with Crippen LogP contribution in [0, 0.1) is 0 Å². The number of Topliss-reactive ketones (excluding diaryl/α,β-unsaturated/α-hetero) is 1. The maximum Gasteiger partial charge on any atom is 0.195 e. The SMILES string of the molecule is COc1ccc(/C(=C/n2ccnc2)C(=O)c2ccc(OC)c(OC)c2)cc1. The summed E-state index contributed by atoms with van der Waals surface area (Å²) >= 11 is 0. The lowest BCUT2D eigenvalue weighted by atomic mass is 9.97. The monoisotopic (exact) mass is 364 g/mol. The maximum atomic E-state index is 13.3. The van der Waals surface area contributed by atoms with E-state index in [-0.39, 0.29) is 5.78 Å². The molecule has 0 saturated carbocycles. The van der Waals surface area contributed by atoms with Crippen LogP contribution in [0.5, 0.6) is 17.2 Å². The van der Waals surface area contributed by atoms with Crippen molar-refractivity contribution < 1.29 is 19.0 Å². The second-order valence-electron chi connectivity index (χ2n) is 5.68. The first-order valence-corrected chi connectivity index (χ1v) is 8.26. The minimum atomic E-state index is -0.144. The zero-order chi connectivity index (χ0) is 19.2. The Bertz CT molecular complexity index is 945. The average Bonchev–Trinajstić information content (AvgIpc) is 3.24. The van der Waals surface area contributed by atoms with Crippen molar-refractivity contribution in [2.75, 3.05) is 21.3 Å². The van der Waals surface area contributed by atoms with Crippen LogP contribution in [-0.4, -0.2) is 36.7 Å². The van der Waals surface area contributed by atoms with E-state index in [0.717, 1.165) is 11.3 Å². The van der Waals surface area contributed by atoms with Gasteiger partial charge in [-0.05, 0) is 35.9 Å². The highest BCUT2D eigenvalue weighted by Crippen LogP contribution is 2.30. The standard InChI is InChI=1S/C21H20N2O4/c1-25-17-7-4-15(5-8-17)18(13-23-11-10-22-14-23)21(24)16-6-9-19(26-2)20(12-16)27-3/h4-14H,1-3H3/b18-13-. The summed E-state index contributed by atoms with van der Waals surface area (Å²) in [4.78, 5) is 17.3. The van der Waals surface area contributed by atoms with Gasteiger partial charge in [0.25, 0.3) is 0 Å². The van der Waals surface area contributed by atoms with Crippen molar-refractivity contribution in [1.29, 1.82) is 0 Å². The quantitative estimate of drug-likeness (QED) is 0.471. The molecule has 1 aromatic heterocycles. The van der Waals surface area contributed by atoms with E-state index in [0.29, 0.717) is 22.6 Å². The molecule has 27 heavy (non-hydrogen) atoms. The van der Waals surface area contributed by atoms with E-state index >= 15 is 0 Å². The van der Waals surface area contributed by atoms with Crippen molar-refractivity contribution in [1.82, 2.24) is 9.55 Å². The molecular formula is C21H20N2O4. The number of benzene rings is 2. The average molecular weight is 364 g/mol. The number of ether oxygens (including phenoxy) is 3. The predicted molar refractivity (Wildman–Crippen MR) is 103 cm³/mol. The number of methoxy groups -OCH3 is 3. The third-order valence-corrected chi connectivity index (χ3v) is 4.09. The minimum absolute atomic E-state index is 0.144. The number of aromatic nitrogens is 2. The number of rotatable bonds is 7. The fraction of sp³-hybridized carbons (Fsp3) is 0.143. The van der Waals surface area contributed by atoms with Crippen molar-refractivity contribution in [3.05, 3.63) is 72.3 Å². The first kappa shape index (κ1) is 18.3. The van der Waals surface area contributed by atoms with Crippen LogP contribution in [0.1, 0.15) is 15.9 Å². The molecule has 0 aliphatic carbocycles. The molecule has 0 unspecified atom stereocenters. The summed E-state index contributed by atoms with van der Waals surface area (Å²) in [5.74, 6) is 1.65. The molecule has 0 N–H and O–H groups in total. The van der Waals surface area contributed by atoms with Gasteiger partial charge in [-0.2, -0.15) is 0 Å². The van der Waals surface area contributed by atoms with E-state index in [4.69, 9.17) is 14.2 Å². The number of imidazole rings is 1. The number of hydrogen-bond acceptors (Lipinski definition) is 5. The molecule has 0 aliphatic heterocycles. The molecule has 0 radical (unpaired) electrons. The third kappa shape index (κ3) is 4.00. The largest absolute Gasteiger partial charge is 0.497 e. The van der Waals surface area contributed by atoms with E-state index in [1.54, 1.807) is 61.9 Å². The number of carbonyl (C=O) groups excluding carboxylic acids is 1. The zero-order valence-corrected chi connectivity index (χ0v) is 15.4. The summed E-state index contributed by atoms with van der Waals surface area (Å²) in [6.45, 7) is 0. The molecule has 0 amide bonds. The van der Waals surface area contributed by atoms with Gasteiger partial charge in [0, 0.05) is 29.7 Å². The van der Waals surface area contributed by atoms with Gasteiger partial charge in [0.1, 0.15) is 5.75 Å². The summed E-state index contributed by atoms with van der Waals surface area (Å²) < 4.78 is 17.5. The van der Waals surface area contributed by atoms with Crippen LogP contribution in [0.15, 0.2) is 61.2 Å². The zero-order valence-electron chi connectivity index (χ0n) is 15.4. The maximum absolute atomic E-state index is 13.3. The molecule has 0 fully saturated rings. The lowest BCUT2D eigenvalue weighted by molar-refractivity contribution is 0.105. The van der Waals surface area contributed by atoms with Crippen molar-refractivity contribution in [3.8, 4) is 17.2 Å². The number of hydrogen-bond donors (Lipinski definition) is 0. The summed E-state index contributed by atoms with van der Waals surface area (Å²) in [7, 11) is 4.70. The fourth-order valence-electron chi connectivity index (χ4n) is 2.66. The van der Waals surface area contributed by atoms with Crippen molar-refractivity contribution in [3.63, 3.8) is 0 Å². The Labute approximate surface area is 157 Å². The van der Waals surface area contributed by atoms with E-state index in [1.807, 2.05) is 24.3 Å². The number of allylic oxidation sites excluding steroid dienone is 1. The predicted octanol–water partition coefficient (Wildman–Crippen LogP) is 3.79. The van der Waals surface area contributed by atoms with Crippen LogP contribution >= 0.6 is 0 Å². The highest BCUT2D eigenvalue weighted by Gasteiger charge is 2.17. The molecule has 0 bridgehead atoms. The molecule has 138 valence electrons. The molecule has 1 heterocycles. The fourth-order valence-corrected chi connectivity index (χ4v) is 2.66. The number of carbonyl (C=O) groups is 1. The Morgan fingerprint density at radius 3 is 2.22 bits per heavy atom. The van der Waals surface area contributed by atoms with Crippen LogP contribution in [0.4, 0.5) is 0 Å². The molecular weight excluding hydrogens is 344 g/mol. The molecule has 2 aromatic carbocycles. The molecule has 0 atom stereocenters. The smallest absolute Gasteiger partial charge is 0.195 e. The highest BCUT2D eigenvalue weighted by atomic mass is 16.5. The number of ketones is 1. The van der Waals surface area contributed by atoms with Gasteiger partial charge in [-0.3, -0.25) is 4.79 Å². The molecule has 0 spiro atoms. The van der Waals surface area contributed by atoms with Crippen molar-refractivity contribution in [2.45, 2.75) is 0 Å². The van der Waals surface area contributed by atoms with Gasteiger partial charge < -0.3 is 18.8 Å². The molecule has 0 aliphatic rings. The Morgan fingerprint density at radius 2 is 1.63 bits per heavy atom.